The van der Waals surface area contributed by atoms with Crippen molar-refractivity contribution in [1.29, 1.82) is 0 Å². The molecule has 0 fully saturated rings. The topological polar surface area (TPSA) is 28.7 Å². The van der Waals surface area contributed by atoms with E-state index in [0.29, 0.717) is 36.6 Å². The van der Waals surface area contributed by atoms with Gasteiger partial charge in [0.05, 0.1) is 21.4 Å². The van der Waals surface area contributed by atoms with Crippen LogP contribution in [0.15, 0.2) is 60.7 Å². The Morgan fingerprint density at radius 3 is 1.86 bits per heavy atom. The Bertz CT molecular complexity index is 1110. The molecule has 140 valence electrons. The zero-order valence-corrected chi connectivity index (χ0v) is 17.9. The number of hydrogen-bond acceptors (Lipinski definition) is 1. The third-order valence-electron chi connectivity index (χ3n) is 4.19. The minimum absolute atomic E-state index is 0.489. The number of aromatic amines is 1. The average molecular weight is 469 g/mol. The minimum Gasteiger partial charge on any atom is -0.337 e. The van der Waals surface area contributed by atoms with Gasteiger partial charge in [-0.05, 0) is 48.5 Å². The molecule has 3 aromatic carbocycles. The van der Waals surface area contributed by atoms with Crippen molar-refractivity contribution in [2.45, 2.75) is 0 Å². The van der Waals surface area contributed by atoms with Crippen molar-refractivity contribution in [3.8, 4) is 33.9 Å². The molecule has 0 saturated heterocycles. The molecule has 4 rings (SSSR count). The van der Waals surface area contributed by atoms with Crippen LogP contribution in [0.25, 0.3) is 33.9 Å². The molecular formula is C21H11Cl5N2. The lowest BCUT2D eigenvalue weighted by Gasteiger charge is -2.07. The second-order valence-electron chi connectivity index (χ2n) is 6.07. The number of H-pyrrole nitrogens is 1. The summed E-state index contributed by atoms with van der Waals surface area (Å²) in [6, 6.07) is 18.0. The minimum atomic E-state index is 0.489. The monoisotopic (exact) mass is 466 g/mol. The van der Waals surface area contributed by atoms with Gasteiger partial charge in [0.1, 0.15) is 5.82 Å². The maximum absolute atomic E-state index is 6.46. The maximum Gasteiger partial charge on any atom is 0.138 e. The van der Waals surface area contributed by atoms with E-state index < -0.39 is 0 Å². The lowest BCUT2D eigenvalue weighted by molar-refractivity contribution is 1.31. The first kappa shape index (κ1) is 19.6. The van der Waals surface area contributed by atoms with Gasteiger partial charge in [-0.1, -0.05) is 70.1 Å². The molecule has 1 N–H and O–H groups in total. The summed E-state index contributed by atoms with van der Waals surface area (Å²) in [7, 11) is 0. The molecule has 0 spiro atoms. The number of imidazole rings is 1. The van der Waals surface area contributed by atoms with E-state index in [1.807, 2.05) is 36.4 Å². The molecule has 0 bridgehead atoms. The summed E-state index contributed by atoms with van der Waals surface area (Å²) in [5, 5.41) is 2.70. The van der Waals surface area contributed by atoms with Crippen molar-refractivity contribution in [3.05, 3.63) is 85.8 Å². The fourth-order valence-corrected chi connectivity index (χ4v) is 4.10. The second-order valence-corrected chi connectivity index (χ2v) is 8.19. The molecule has 0 unspecified atom stereocenters. The van der Waals surface area contributed by atoms with Gasteiger partial charge in [-0.15, -0.1) is 0 Å². The van der Waals surface area contributed by atoms with Crippen LogP contribution in [0.3, 0.4) is 0 Å². The summed E-state index contributed by atoms with van der Waals surface area (Å²) < 4.78 is 0. The smallest absolute Gasteiger partial charge is 0.138 e. The van der Waals surface area contributed by atoms with Crippen LogP contribution in [0.4, 0.5) is 0 Å². The number of rotatable bonds is 3. The lowest BCUT2D eigenvalue weighted by Crippen LogP contribution is -1.86. The molecule has 0 radical (unpaired) electrons. The van der Waals surface area contributed by atoms with E-state index >= 15 is 0 Å². The van der Waals surface area contributed by atoms with Crippen LogP contribution < -0.4 is 0 Å². The largest absolute Gasteiger partial charge is 0.337 e. The van der Waals surface area contributed by atoms with Crippen molar-refractivity contribution in [2.24, 2.45) is 0 Å². The van der Waals surface area contributed by atoms with E-state index in [1.165, 1.54) is 0 Å². The molecule has 1 aromatic heterocycles. The summed E-state index contributed by atoms with van der Waals surface area (Å²) in [5.41, 5.74) is 3.71. The molecular weight excluding hydrogens is 458 g/mol. The van der Waals surface area contributed by atoms with Gasteiger partial charge in [-0.3, -0.25) is 0 Å². The standard InChI is InChI=1S/C21H11Cl5N2/c22-12-3-1-2-11(8-12)21-27-19(15-6-4-13(23)9-17(15)25)20(28-21)16-7-5-14(24)10-18(16)26/h1-10H,(H,27,28). The number of nitrogens with one attached hydrogen (secondary N) is 1. The van der Waals surface area contributed by atoms with Crippen molar-refractivity contribution < 1.29 is 0 Å². The fourth-order valence-electron chi connectivity index (χ4n) is 2.91. The van der Waals surface area contributed by atoms with Crippen LogP contribution >= 0.6 is 58.0 Å². The van der Waals surface area contributed by atoms with Crippen molar-refractivity contribution in [1.82, 2.24) is 9.97 Å². The second kappa shape index (κ2) is 7.98. The number of benzene rings is 3. The predicted molar refractivity (Wildman–Crippen MR) is 120 cm³/mol. The van der Waals surface area contributed by atoms with E-state index in [2.05, 4.69) is 4.98 Å². The first-order valence-corrected chi connectivity index (χ1v) is 10.1. The van der Waals surface area contributed by atoms with Crippen molar-refractivity contribution in [2.75, 3.05) is 0 Å². The summed E-state index contributed by atoms with van der Waals surface area (Å²) in [4.78, 5) is 8.14. The molecule has 0 saturated carbocycles. The fraction of sp³-hybridized carbons (Fsp3) is 0. The SMILES string of the molecule is Clc1cccc(-c2nc(-c3ccc(Cl)cc3Cl)c(-c3ccc(Cl)cc3Cl)[nH]2)c1. The Hall–Kier alpha value is -1.68. The van der Waals surface area contributed by atoms with Crippen LogP contribution in [0, 0.1) is 0 Å². The molecule has 28 heavy (non-hydrogen) atoms. The molecule has 0 aliphatic heterocycles. The van der Waals surface area contributed by atoms with Crippen molar-refractivity contribution >= 4 is 58.0 Å². The third kappa shape index (κ3) is 3.89. The highest BCUT2D eigenvalue weighted by atomic mass is 35.5. The molecule has 0 aliphatic rings. The highest BCUT2D eigenvalue weighted by Crippen LogP contribution is 2.40. The van der Waals surface area contributed by atoms with Gasteiger partial charge in [0.15, 0.2) is 0 Å². The Morgan fingerprint density at radius 2 is 1.25 bits per heavy atom. The summed E-state index contributed by atoms with van der Waals surface area (Å²) in [5.74, 6) is 0.643. The quantitative estimate of drug-likeness (QED) is 0.320. The summed E-state index contributed by atoms with van der Waals surface area (Å²) >= 11 is 31.2. The average Bonchev–Trinajstić information content (AvgIpc) is 3.06. The van der Waals surface area contributed by atoms with Crippen LogP contribution in [0.2, 0.25) is 25.1 Å². The van der Waals surface area contributed by atoms with E-state index in [0.717, 1.165) is 22.4 Å². The van der Waals surface area contributed by atoms with E-state index in [4.69, 9.17) is 63.0 Å². The van der Waals surface area contributed by atoms with E-state index in [-0.39, 0.29) is 0 Å². The number of aromatic nitrogens is 2. The van der Waals surface area contributed by atoms with Crippen LogP contribution in [-0.4, -0.2) is 9.97 Å². The zero-order chi connectivity index (χ0) is 19.8. The predicted octanol–water partition coefficient (Wildman–Crippen LogP) is 8.68. The van der Waals surface area contributed by atoms with Gasteiger partial charge in [0.25, 0.3) is 0 Å². The molecule has 1 heterocycles. The first-order chi connectivity index (χ1) is 13.4. The van der Waals surface area contributed by atoms with Gasteiger partial charge in [-0.2, -0.15) is 0 Å². The Morgan fingerprint density at radius 1 is 0.643 bits per heavy atom. The maximum atomic E-state index is 6.46. The van der Waals surface area contributed by atoms with Crippen molar-refractivity contribution in [3.63, 3.8) is 0 Å². The number of hydrogen-bond donors (Lipinski definition) is 1. The zero-order valence-electron chi connectivity index (χ0n) is 14.1. The third-order valence-corrected chi connectivity index (χ3v) is 5.52. The molecule has 4 aromatic rings. The molecule has 0 amide bonds. The summed E-state index contributed by atoms with van der Waals surface area (Å²) in [6.07, 6.45) is 0. The Labute approximate surface area is 187 Å². The van der Waals surface area contributed by atoms with E-state index in [9.17, 15) is 0 Å². The molecule has 0 atom stereocenters. The van der Waals surface area contributed by atoms with E-state index in [1.54, 1.807) is 24.3 Å². The van der Waals surface area contributed by atoms with Gasteiger partial charge in [0.2, 0.25) is 0 Å². The van der Waals surface area contributed by atoms with Gasteiger partial charge in [-0.25, -0.2) is 4.98 Å². The van der Waals surface area contributed by atoms with Crippen LogP contribution in [0.1, 0.15) is 0 Å². The summed E-state index contributed by atoms with van der Waals surface area (Å²) in [6.45, 7) is 0. The number of nitrogens with zero attached hydrogens (tertiary/aromatic N) is 1. The lowest BCUT2D eigenvalue weighted by atomic mass is 10.0. The van der Waals surface area contributed by atoms with Crippen LogP contribution in [-0.2, 0) is 0 Å². The molecule has 2 nitrogen and oxygen atoms in total. The Balaban J connectivity index is 1.97. The van der Waals surface area contributed by atoms with Gasteiger partial charge < -0.3 is 4.98 Å². The normalized spacial score (nSPS) is 11.0. The highest BCUT2D eigenvalue weighted by Gasteiger charge is 2.19. The van der Waals surface area contributed by atoms with Gasteiger partial charge >= 0.3 is 0 Å². The van der Waals surface area contributed by atoms with Gasteiger partial charge in [0, 0.05) is 31.8 Å². The Kier molecular flexibility index (Phi) is 5.59. The van der Waals surface area contributed by atoms with Crippen LogP contribution in [0.5, 0.6) is 0 Å². The number of halogens is 5. The molecule has 0 aliphatic carbocycles. The first-order valence-electron chi connectivity index (χ1n) is 8.19. The molecule has 7 heteroatoms. The highest BCUT2D eigenvalue weighted by molar-refractivity contribution is 6.37.